The molecule has 4 rings (SSSR count). The van der Waals surface area contributed by atoms with Crippen molar-refractivity contribution in [1.29, 1.82) is 0 Å². The van der Waals surface area contributed by atoms with Crippen molar-refractivity contribution in [2.75, 3.05) is 0 Å². The molecule has 9 heteroatoms. The molecule has 1 aliphatic carbocycles. The maximum Gasteiger partial charge on any atom is 0.428 e. The van der Waals surface area contributed by atoms with Gasteiger partial charge in [0.15, 0.2) is 5.60 Å². The molecule has 1 aliphatic heterocycles. The number of nitrogens with one attached hydrogen (secondary N) is 3. The number of ether oxygens (including phenoxy) is 1. The van der Waals surface area contributed by atoms with Gasteiger partial charge in [-0.15, -0.1) is 0 Å². The van der Waals surface area contributed by atoms with E-state index in [2.05, 4.69) is 42.0 Å². The molecule has 0 bridgehead atoms. The summed E-state index contributed by atoms with van der Waals surface area (Å²) in [5.41, 5.74) is 4.71. The molecule has 2 aromatic rings. The number of halogens is 1. The average molecular weight is 488 g/mol. The lowest BCUT2D eigenvalue weighted by molar-refractivity contribution is 0.0154. The summed E-state index contributed by atoms with van der Waals surface area (Å²) in [6, 6.07) is 9.63. The second kappa shape index (κ2) is 8.82. The lowest BCUT2D eigenvalue weighted by Crippen LogP contribution is -2.52. The van der Waals surface area contributed by atoms with Gasteiger partial charge in [0, 0.05) is 21.8 Å². The Bertz CT molecular complexity index is 1010. The van der Waals surface area contributed by atoms with E-state index in [1.165, 1.54) is 0 Å². The number of amides is 2. The van der Waals surface area contributed by atoms with E-state index in [1.807, 2.05) is 38.1 Å². The lowest BCUT2D eigenvalue weighted by atomic mass is 9.73. The number of hydrogen-bond donors (Lipinski definition) is 3. The van der Waals surface area contributed by atoms with Crippen LogP contribution < -0.4 is 10.7 Å². The summed E-state index contributed by atoms with van der Waals surface area (Å²) in [6.45, 7) is 3.88. The molecular formula is C22H26BrN5O3. The van der Waals surface area contributed by atoms with Crippen LogP contribution in [0, 0.1) is 12.8 Å². The first kappa shape index (κ1) is 21.5. The van der Waals surface area contributed by atoms with E-state index >= 15 is 0 Å². The van der Waals surface area contributed by atoms with Gasteiger partial charge in [0.05, 0.1) is 0 Å². The normalized spacial score (nSPS) is 24.2. The average Bonchev–Trinajstić information content (AvgIpc) is 3.16. The smallest absolute Gasteiger partial charge is 0.428 e. The van der Waals surface area contributed by atoms with Crippen molar-refractivity contribution in [3.8, 4) is 0 Å². The molecule has 1 fully saturated rings. The van der Waals surface area contributed by atoms with Crippen LogP contribution in [0.15, 0.2) is 39.9 Å². The van der Waals surface area contributed by atoms with E-state index in [0.29, 0.717) is 24.5 Å². The SMILES string of the molecule is Cc1cc(C(=O)N[C@@H](C)CC2CCC3(CC2)OC(=O)NN=C3c2cccc(Br)c2)n[nH]1. The highest BCUT2D eigenvalue weighted by atomic mass is 79.9. The molecule has 164 valence electrons. The molecule has 1 spiro atoms. The Morgan fingerprint density at radius 3 is 2.81 bits per heavy atom. The fourth-order valence-corrected chi connectivity index (χ4v) is 4.92. The van der Waals surface area contributed by atoms with Gasteiger partial charge in [-0.2, -0.15) is 10.2 Å². The summed E-state index contributed by atoms with van der Waals surface area (Å²) < 4.78 is 6.77. The van der Waals surface area contributed by atoms with Crippen LogP contribution >= 0.6 is 15.9 Å². The Balaban J connectivity index is 1.39. The maximum atomic E-state index is 12.3. The second-order valence-electron chi connectivity index (χ2n) is 8.46. The number of aryl methyl sites for hydroxylation is 1. The van der Waals surface area contributed by atoms with Gasteiger partial charge in [-0.3, -0.25) is 9.89 Å². The lowest BCUT2D eigenvalue weighted by Gasteiger charge is -2.42. The molecule has 1 aromatic carbocycles. The zero-order chi connectivity index (χ0) is 22.0. The predicted molar refractivity (Wildman–Crippen MR) is 120 cm³/mol. The van der Waals surface area contributed by atoms with E-state index < -0.39 is 11.7 Å². The number of hydrogen-bond acceptors (Lipinski definition) is 5. The molecule has 1 saturated carbocycles. The molecule has 3 N–H and O–H groups in total. The molecule has 1 aromatic heterocycles. The number of rotatable bonds is 5. The van der Waals surface area contributed by atoms with Gasteiger partial charge >= 0.3 is 6.09 Å². The summed E-state index contributed by atoms with van der Waals surface area (Å²) in [5, 5.41) is 14.2. The number of hydrazone groups is 1. The monoisotopic (exact) mass is 487 g/mol. The number of aromatic nitrogens is 2. The molecule has 1 atom stereocenters. The summed E-state index contributed by atoms with van der Waals surface area (Å²) in [4.78, 5) is 24.3. The van der Waals surface area contributed by atoms with Crippen molar-refractivity contribution in [2.45, 2.75) is 57.6 Å². The predicted octanol–water partition coefficient (Wildman–Crippen LogP) is 4.06. The Morgan fingerprint density at radius 2 is 2.13 bits per heavy atom. The topological polar surface area (TPSA) is 108 Å². The van der Waals surface area contributed by atoms with Crippen LogP contribution in [0.3, 0.4) is 0 Å². The Kier molecular flexibility index (Phi) is 6.13. The van der Waals surface area contributed by atoms with Crippen LogP contribution in [0.5, 0.6) is 0 Å². The van der Waals surface area contributed by atoms with Crippen LogP contribution in [0.4, 0.5) is 4.79 Å². The highest BCUT2D eigenvalue weighted by Gasteiger charge is 2.46. The van der Waals surface area contributed by atoms with Gasteiger partial charge in [-0.1, -0.05) is 28.1 Å². The Labute approximate surface area is 189 Å². The molecule has 0 unspecified atom stereocenters. The van der Waals surface area contributed by atoms with Crippen molar-refractivity contribution in [2.24, 2.45) is 11.0 Å². The molecule has 31 heavy (non-hydrogen) atoms. The molecule has 2 heterocycles. The molecule has 2 amide bonds. The first-order valence-corrected chi connectivity index (χ1v) is 11.3. The summed E-state index contributed by atoms with van der Waals surface area (Å²) in [6.07, 6.45) is 3.54. The number of H-pyrrole nitrogens is 1. The molecule has 0 radical (unpaired) electrons. The zero-order valence-corrected chi connectivity index (χ0v) is 19.2. The van der Waals surface area contributed by atoms with Crippen LogP contribution in [-0.4, -0.2) is 39.6 Å². The second-order valence-corrected chi connectivity index (χ2v) is 9.37. The number of nitrogens with zero attached hydrogens (tertiary/aromatic N) is 2. The number of carbonyl (C=O) groups excluding carboxylic acids is 2. The number of benzene rings is 1. The zero-order valence-electron chi connectivity index (χ0n) is 17.6. The van der Waals surface area contributed by atoms with Crippen molar-refractivity contribution in [3.63, 3.8) is 0 Å². The fourth-order valence-electron chi connectivity index (χ4n) is 4.52. The first-order chi connectivity index (χ1) is 14.8. The molecular weight excluding hydrogens is 462 g/mol. The Morgan fingerprint density at radius 1 is 1.35 bits per heavy atom. The van der Waals surface area contributed by atoms with Crippen LogP contribution in [0.1, 0.15) is 60.8 Å². The van der Waals surface area contributed by atoms with Gasteiger partial charge in [-0.05, 0) is 70.1 Å². The van der Waals surface area contributed by atoms with Crippen molar-refractivity contribution < 1.29 is 14.3 Å². The van der Waals surface area contributed by atoms with Crippen LogP contribution in [0.25, 0.3) is 0 Å². The van der Waals surface area contributed by atoms with Gasteiger partial charge in [-0.25, -0.2) is 10.2 Å². The van der Waals surface area contributed by atoms with E-state index in [1.54, 1.807) is 6.07 Å². The quantitative estimate of drug-likeness (QED) is 0.590. The number of carbonyl (C=O) groups is 2. The van der Waals surface area contributed by atoms with Crippen LogP contribution in [0.2, 0.25) is 0 Å². The highest BCUT2D eigenvalue weighted by Crippen LogP contribution is 2.40. The van der Waals surface area contributed by atoms with E-state index in [4.69, 9.17) is 4.74 Å². The third-order valence-electron chi connectivity index (χ3n) is 5.99. The number of aromatic amines is 1. The fraction of sp³-hybridized carbons (Fsp3) is 0.455. The van der Waals surface area contributed by atoms with Gasteiger partial charge in [0.1, 0.15) is 11.4 Å². The van der Waals surface area contributed by atoms with E-state index in [0.717, 1.165) is 40.7 Å². The van der Waals surface area contributed by atoms with Gasteiger partial charge in [0.2, 0.25) is 0 Å². The summed E-state index contributed by atoms with van der Waals surface area (Å²) in [5.74, 6) is 0.264. The van der Waals surface area contributed by atoms with E-state index in [9.17, 15) is 9.59 Å². The van der Waals surface area contributed by atoms with Crippen LogP contribution in [-0.2, 0) is 4.74 Å². The Hall–Kier alpha value is -2.68. The summed E-state index contributed by atoms with van der Waals surface area (Å²) in [7, 11) is 0. The molecule has 0 saturated heterocycles. The van der Waals surface area contributed by atoms with Crippen molar-refractivity contribution in [1.82, 2.24) is 20.9 Å². The van der Waals surface area contributed by atoms with Crippen molar-refractivity contribution >= 4 is 33.6 Å². The van der Waals surface area contributed by atoms with Gasteiger partial charge < -0.3 is 10.1 Å². The maximum absolute atomic E-state index is 12.3. The van der Waals surface area contributed by atoms with Crippen molar-refractivity contribution in [3.05, 3.63) is 51.8 Å². The minimum absolute atomic E-state index is 0.0253. The minimum Gasteiger partial charge on any atom is -0.435 e. The third kappa shape index (κ3) is 4.81. The minimum atomic E-state index is -0.710. The third-order valence-corrected chi connectivity index (χ3v) is 6.49. The highest BCUT2D eigenvalue weighted by molar-refractivity contribution is 9.10. The largest absolute Gasteiger partial charge is 0.435 e. The molecule has 2 aliphatic rings. The standard InChI is InChI=1S/C22H26BrN5O3/c1-13(24-20(29)18-11-14(2)25-26-18)10-15-6-8-22(9-7-15)19(27-28-21(30)31-22)16-4-3-5-17(23)12-16/h3-5,11-13,15H,6-10H2,1-2H3,(H,24,29)(H,25,26)(H,28,30)/t13-,15?,22?/m0/s1. The summed E-state index contributed by atoms with van der Waals surface area (Å²) >= 11 is 3.50. The van der Waals surface area contributed by atoms with Gasteiger partial charge in [0.25, 0.3) is 5.91 Å². The van der Waals surface area contributed by atoms with E-state index in [-0.39, 0.29) is 11.9 Å². The first-order valence-electron chi connectivity index (χ1n) is 10.5. The molecule has 8 nitrogen and oxygen atoms in total.